The SMILES string of the molecule is CC(C)CCCCCOP(O)OCCCCCC(C)C.[Cl-].[Cl-].[Cl-].[Nd+3]. The van der Waals surface area contributed by atoms with Crippen molar-refractivity contribution in [3.05, 3.63) is 0 Å². The first-order valence-electron chi connectivity index (χ1n) is 8.27. The van der Waals surface area contributed by atoms with E-state index in [1.165, 1.54) is 38.5 Å². The summed E-state index contributed by atoms with van der Waals surface area (Å²) in [6.07, 6.45) is 9.45. The Balaban J connectivity index is -0.000000301. The summed E-state index contributed by atoms with van der Waals surface area (Å²) in [6, 6.07) is 0. The van der Waals surface area contributed by atoms with E-state index in [1.807, 2.05) is 0 Å². The van der Waals surface area contributed by atoms with Gasteiger partial charge < -0.3 is 51.2 Å². The molecule has 0 unspecified atom stereocenters. The minimum atomic E-state index is -1.65. The fourth-order valence-electron chi connectivity index (χ4n) is 1.99. The molecule has 1 N–H and O–H groups in total. The standard InChI is InChI=1S/C16H35O3P.3ClH.Nd/c1-15(2)11-7-5-9-13-18-20(17)19-14-10-6-8-12-16(3)4;;;;/h15-17H,5-14H2,1-4H3;3*1H;/q;;;;+3/p-3. The molecule has 0 aliphatic heterocycles. The van der Waals surface area contributed by atoms with E-state index in [-0.39, 0.29) is 78.1 Å². The van der Waals surface area contributed by atoms with E-state index in [9.17, 15) is 4.89 Å². The van der Waals surface area contributed by atoms with Crippen LogP contribution in [0.2, 0.25) is 0 Å². The van der Waals surface area contributed by atoms with Gasteiger partial charge in [-0.3, -0.25) is 0 Å². The summed E-state index contributed by atoms with van der Waals surface area (Å²) < 4.78 is 10.6. The van der Waals surface area contributed by atoms with Crippen molar-refractivity contribution in [2.45, 2.75) is 79.1 Å². The summed E-state index contributed by atoms with van der Waals surface area (Å²) in [5.74, 6) is 1.56. The normalized spacial score (nSPS) is 10.0. The Morgan fingerprint density at radius 1 is 0.667 bits per heavy atom. The van der Waals surface area contributed by atoms with Gasteiger partial charge in [0.25, 0.3) is 0 Å². The molecule has 0 rings (SSSR count). The van der Waals surface area contributed by atoms with Crippen molar-refractivity contribution in [3.8, 4) is 0 Å². The third kappa shape index (κ3) is 32.2. The van der Waals surface area contributed by atoms with Gasteiger partial charge in [-0.1, -0.05) is 66.2 Å². The van der Waals surface area contributed by atoms with E-state index in [2.05, 4.69) is 27.7 Å². The summed E-state index contributed by atoms with van der Waals surface area (Å²) in [5, 5.41) is 0. The number of rotatable bonds is 14. The van der Waals surface area contributed by atoms with Crippen LogP contribution in [0.4, 0.5) is 0 Å². The molecule has 1 radical (unpaired) electrons. The van der Waals surface area contributed by atoms with E-state index in [0.29, 0.717) is 13.2 Å². The maximum atomic E-state index is 9.56. The monoisotopic (exact) mass is 553 g/mol. The van der Waals surface area contributed by atoms with Crippen LogP contribution in [0.15, 0.2) is 0 Å². The Morgan fingerprint density at radius 2 is 1.00 bits per heavy atom. The fourth-order valence-corrected chi connectivity index (χ4v) is 2.63. The van der Waals surface area contributed by atoms with Crippen molar-refractivity contribution in [3.63, 3.8) is 0 Å². The maximum Gasteiger partial charge on any atom is 3.00 e. The second-order valence-corrected chi connectivity index (χ2v) is 7.38. The molecule has 0 aliphatic carbocycles. The summed E-state index contributed by atoms with van der Waals surface area (Å²) in [6.45, 7) is 10.2. The number of halogens is 3. The third-order valence-electron chi connectivity index (χ3n) is 3.26. The molecular weight excluding hydrogens is 522 g/mol. The van der Waals surface area contributed by atoms with E-state index < -0.39 is 8.60 Å². The largest absolute Gasteiger partial charge is 3.00 e. The van der Waals surface area contributed by atoms with E-state index in [0.717, 1.165) is 24.7 Å². The predicted octanol–water partition coefficient (Wildman–Crippen LogP) is -3.32. The molecule has 0 aromatic carbocycles. The third-order valence-corrected chi connectivity index (χ3v) is 4.06. The Bertz CT molecular complexity index is 197. The first-order valence-corrected chi connectivity index (χ1v) is 9.40. The molecule has 0 spiro atoms. The first kappa shape index (κ1) is 37.3. The van der Waals surface area contributed by atoms with Crippen molar-refractivity contribution >= 4 is 8.60 Å². The molecule has 0 saturated heterocycles. The molecule has 24 heavy (non-hydrogen) atoms. The van der Waals surface area contributed by atoms with Gasteiger partial charge in [-0.05, 0) is 24.7 Å². The van der Waals surface area contributed by atoms with Gasteiger partial charge in [0.05, 0.1) is 13.2 Å². The molecule has 147 valence electrons. The van der Waals surface area contributed by atoms with Gasteiger partial charge >= 0.3 is 49.4 Å². The Morgan fingerprint density at radius 3 is 1.29 bits per heavy atom. The zero-order chi connectivity index (χ0) is 15.2. The summed E-state index contributed by atoms with van der Waals surface area (Å²) in [4.78, 5) is 9.56. The van der Waals surface area contributed by atoms with E-state index >= 15 is 0 Å². The zero-order valence-corrected chi connectivity index (χ0v) is 21.9. The second-order valence-electron chi connectivity index (χ2n) is 6.39. The molecule has 0 bridgehead atoms. The summed E-state index contributed by atoms with van der Waals surface area (Å²) in [7, 11) is -1.65. The van der Waals surface area contributed by atoms with Crippen LogP contribution in [0.1, 0.15) is 79.1 Å². The van der Waals surface area contributed by atoms with Gasteiger partial charge in [-0.25, -0.2) is 0 Å². The smallest absolute Gasteiger partial charge is 1.00 e. The average Bonchev–Trinajstić information content (AvgIpc) is 2.37. The molecule has 3 nitrogen and oxygen atoms in total. The molecule has 0 fully saturated rings. The number of unbranched alkanes of at least 4 members (excludes halogenated alkanes) is 4. The van der Waals surface area contributed by atoms with Crippen LogP contribution in [0.25, 0.3) is 0 Å². The number of hydrogen-bond acceptors (Lipinski definition) is 3. The summed E-state index contributed by atoms with van der Waals surface area (Å²) in [5.41, 5.74) is 0. The van der Waals surface area contributed by atoms with Crippen LogP contribution in [-0.4, -0.2) is 18.1 Å². The topological polar surface area (TPSA) is 38.7 Å². The molecular formula is C16H35Cl3NdO3P. The van der Waals surface area contributed by atoms with Crippen LogP contribution < -0.4 is 37.2 Å². The van der Waals surface area contributed by atoms with Crippen LogP contribution in [-0.2, 0) is 9.05 Å². The first-order chi connectivity index (χ1) is 9.52. The van der Waals surface area contributed by atoms with Gasteiger partial charge in [0.1, 0.15) is 0 Å². The summed E-state index contributed by atoms with van der Waals surface area (Å²) >= 11 is 0. The molecule has 0 heterocycles. The van der Waals surface area contributed by atoms with Gasteiger partial charge in [-0.15, -0.1) is 0 Å². The molecule has 0 aromatic heterocycles. The number of hydrogen-bond donors (Lipinski definition) is 1. The molecule has 0 aliphatic rings. The fraction of sp³-hybridized carbons (Fsp3) is 1.00. The Labute approximate surface area is 202 Å². The average molecular weight is 557 g/mol. The van der Waals surface area contributed by atoms with Crippen molar-refractivity contribution < 1.29 is 92.0 Å². The van der Waals surface area contributed by atoms with Crippen LogP contribution in [0.5, 0.6) is 0 Å². The van der Waals surface area contributed by atoms with Crippen LogP contribution in [0, 0.1) is 52.7 Å². The molecule has 0 atom stereocenters. The van der Waals surface area contributed by atoms with Crippen LogP contribution in [0.3, 0.4) is 0 Å². The van der Waals surface area contributed by atoms with E-state index in [1.54, 1.807) is 0 Å². The van der Waals surface area contributed by atoms with Gasteiger partial charge in [-0.2, -0.15) is 0 Å². The minimum Gasteiger partial charge on any atom is -1.00 e. The Hall–Kier alpha value is 2.53. The molecule has 0 saturated carbocycles. The van der Waals surface area contributed by atoms with Crippen molar-refractivity contribution in [1.29, 1.82) is 0 Å². The van der Waals surface area contributed by atoms with Crippen molar-refractivity contribution in [1.82, 2.24) is 0 Å². The quantitative estimate of drug-likeness (QED) is 0.180. The van der Waals surface area contributed by atoms with E-state index in [4.69, 9.17) is 9.05 Å². The van der Waals surface area contributed by atoms with Gasteiger partial charge in [0, 0.05) is 0 Å². The van der Waals surface area contributed by atoms with Crippen molar-refractivity contribution in [2.24, 2.45) is 11.8 Å². The molecule has 0 aromatic rings. The maximum absolute atomic E-state index is 9.56. The second kappa shape index (κ2) is 27.7. The predicted molar refractivity (Wildman–Crippen MR) is 87.7 cm³/mol. The zero-order valence-electron chi connectivity index (χ0n) is 15.6. The Kier molecular flexibility index (Phi) is 43.1. The van der Waals surface area contributed by atoms with Crippen molar-refractivity contribution in [2.75, 3.05) is 13.2 Å². The van der Waals surface area contributed by atoms with Gasteiger partial charge in [0.2, 0.25) is 0 Å². The molecule has 0 amide bonds. The van der Waals surface area contributed by atoms with Gasteiger partial charge in [0.15, 0.2) is 0 Å². The molecule has 8 heteroatoms. The van der Waals surface area contributed by atoms with Crippen LogP contribution >= 0.6 is 8.60 Å². The minimum absolute atomic E-state index is 0.